The molecule has 1 aliphatic heterocycles. The van der Waals surface area contributed by atoms with Crippen LogP contribution in [-0.2, 0) is 0 Å². The lowest BCUT2D eigenvalue weighted by atomic mass is 10.0. The highest BCUT2D eigenvalue weighted by molar-refractivity contribution is 5.94. The number of nitrogens with zero attached hydrogens (tertiary/aromatic N) is 3. The molecular formula is C20H23Cl2FN4O. The predicted octanol–water partition coefficient (Wildman–Crippen LogP) is 3.81. The number of halogens is 3. The molecule has 0 atom stereocenters. The maximum absolute atomic E-state index is 13.1. The summed E-state index contributed by atoms with van der Waals surface area (Å²) < 4.78 is 15.0. The molecule has 1 fully saturated rings. The second-order valence-electron chi connectivity index (χ2n) is 6.71. The first-order valence-electron chi connectivity index (χ1n) is 8.84. The zero-order chi connectivity index (χ0) is 18.1. The Kier molecular flexibility index (Phi) is 7.41. The number of hydrogen-bond donors (Lipinski definition) is 1. The summed E-state index contributed by atoms with van der Waals surface area (Å²) in [5.74, 6) is -0.248. The van der Waals surface area contributed by atoms with Gasteiger partial charge in [0, 0.05) is 31.0 Å². The van der Waals surface area contributed by atoms with Crippen LogP contribution in [0, 0.1) is 5.82 Å². The molecule has 3 heterocycles. The molecule has 5 nitrogen and oxygen atoms in total. The van der Waals surface area contributed by atoms with Crippen LogP contribution < -0.4 is 5.32 Å². The Bertz CT molecular complexity index is 939. The van der Waals surface area contributed by atoms with Crippen molar-refractivity contribution in [3.8, 4) is 11.3 Å². The third-order valence-electron chi connectivity index (χ3n) is 5.01. The molecule has 1 amide bonds. The average Bonchev–Trinajstić information content (AvgIpc) is 3.11. The van der Waals surface area contributed by atoms with Gasteiger partial charge in [-0.15, -0.1) is 24.8 Å². The van der Waals surface area contributed by atoms with E-state index in [4.69, 9.17) is 0 Å². The molecule has 1 N–H and O–H groups in total. The molecular weight excluding hydrogens is 402 g/mol. The predicted molar refractivity (Wildman–Crippen MR) is 113 cm³/mol. The van der Waals surface area contributed by atoms with E-state index >= 15 is 0 Å². The van der Waals surface area contributed by atoms with Crippen LogP contribution in [0.4, 0.5) is 4.39 Å². The van der Waals surface area contributed by atoms with Crippen LogP contribution in [0.5, 0.6) is 0 Å². The highest BCUT2D eigenvalue weighted by Gasteiger charge is 2.23. The number of hydrogen-bond acceptors (Lipinski definition) is 3. The number of pyridine rings is 1. The van der Waals surface area contributed by atoms with Gasteiger partial charge in [0.25, 0.3) is 5.91 Å². The molecule has 0 saturated carbocycles. The molecule has 1 aromatic carbocycles. The molecule has 0 unspecified atom stereocenters. The summed E-state index contributed by atoms with van der Waals surface area (Å²) in [4.78, 5) is 19.2. The van der Waals surface area contributed by atoms with Crippen LogP contribution in [0.3, 0.4) is 0 Å². The minimum atomic E-state index is -0.272. The zero-order valence-corrected chi connectivity index (χ0v) is 17.1. The molecule has 3 aromatic rings. The van der Waals surface area contributed by atoms with Gasteiger partial charge < -0.3 is 14.6 Å². The molecule has 2 aromatic heterocycles. The number of fused-ring (bicyclic) bond motifs is 1. The molecule has 0 aliphatic carbocycles. The van der Waals surface area contributed by atoms with Gasteiger partial charge in [0.15, 0.2) is 0 Å². The first-order chi connectivity index (χ1) is 12.6. The summed E-state index contributed by atoms with van der Waals surface area (Å²) in [6.45, 7) is 1.90. The van der Waals surface area contributed by atoms with Crippen molar-refractivity contribution in [3.63, 3.8) is 0 Å². The number of nitrogens with one attached hydrogen (secondary N) is 1. The van der Waals surface area contributed by atoms with E-state index in [1.807, 2.05) is 40.9 Å². The van der Waals surface area contributed by atoms with E-state index in [0.29, 0.717) is 5.56 Å². The Hall–Kier alpha value is -2.15. The monoisotopic (exact) mass is 424 g/mol. The van der Waals surface area contributed by atoms with Gasteiger partial charge >= 0.3 is 0 Å². The van der Waals surface area contributed by atoms with Crippen molar-refractivity contribution in [1.29, 1.82) is 0 Å². The van der Waals surface area contributed by atoms with Crippen LogP contribution in [0.15, 0.2) is 48.8 Å². The van der Waals surface area contributed by atoms with Crippen molar-refractivity contribution in [2.75, 3.05) is 20.1 Å². The summed E-state index contributed by atoms with van der Waals surface area (Å²) in [5.41, 5.74) is 2.99. The van der Waals surface area contributed by atoms with Gasteiger partial charge in [0.2, 0.25) is 0 Å². The van der Waals surface area contributed by atoms with Gasteiger partial charge in [-0.2, -0.15) is 0 Å². The average molecular weight is 425 g/mol. The van der Waals surface area contributed by atoms with Crippen LogP contribution in [0.1, 0.15) is 23.2 Å². The molecule has 0 bridgehead atoms. The van der Waals surface area contributed by atoms with E-state index in [0.717, 1.165) is 42.8 Å². The first kappa shape index (κ1) is 22.1. The van der Waals surface area contributed by atoms with E-state index < -0.39 is 0 Å². The quantitative estimate of drug-likeness (QED) is 0.695. The van der Waals surface area contributed by atoms with Crippen LogP contribution in [0.25, 0.3) is 16.9 Å². The second kappa shape index (κ2) is 9.37. The number of carbonyl (C=O) groups is 1. The molecule has 1 aliphatic rings. The first-order valence-corrected chi connectivity index (χ1v) is 8.84. The van der Waals surface area contributed by atoms with Crippen molar-refractivity contribution in [2.45, 2.75) is 18.9 Å². The third-order valence-corrected chi connectivity index (χ3v) is 5.01. The minimum Gasteiger partial charge on any atom is -0.339 e. The topological polar surface area (TPSA) is 49.6 Å². The molecule has 28 heavy (non-hydrogen) atoms. The lowest BCUT2D eigenvalue weighted by molar-refractivity contribution is 0.0702. The van der Waals surface area contributed by atoms with Crippen molar-refractivity contribution >= 4 is 36.4 Å². The molecule has 0 spiro atoms. The Morgan fingerprint density at radius 3 is 2.46 bits per heavy atom. The van der Waals surface area contributed by atoms with Crippen LogP contribution in [-0.4, -0.2) is 46.4 Å². The Labute approximate surface area is 175 Å². The Morgan fingerprint density at radius 1 is 1.11 bits per heavy atom. The molecule has 1 saturated heterocycles. The van der Waals surface area contributed by atoms with Gasteiger partial charge in [-0.25, -0.2) is 9.37 Å². The second-order valence-corrected chi connectivity index (χ2v) is 6.71. The number of carbonyl (C=O) groups excluding carboxylic acids is 1. The summed E-state index contributed by atoms with van der Waals surface area (Å²) in [7, 11) is 1.88. The van der Waals surface area contributed by atoms with E-state index in [1.54, 1.807) is 12.1 Å². The van der Waals surface area contributed by atoms with E-state index in [-0.39, 0.29) is 42.6 Å². The van der Waals surface area contributed by atoms with Crippen molar-refractivity contribution in [1.82, 2.24) is 19.6 Å². The molecule has 0 radical (unpaired) electrons. The fourth-order valence-electron chi connectivity index (χ4n) is 3.44. The molecule has 150 valence electrons. The minimum absolute atomic E-state index is 0. The van der Waals surface area contributed by atoms with Gasteiger partial charge in [-0.1, -0.05) is 0 Å². The smallest absolute Gasteiger partial charge is 0.255 e. The largest absolute Gasteiger partial charge is 0.339 e. The van der Waals surface area contributed by atoms with Gasteiger partial charge in [0.1, 0.15) is 11.5 Å². The maximum atomic E-state index is 13.1. The van der Waals surface area contributed by atoms with Crippen molar-refractivity contribution < 1.29 is 9.18 Å². The summed E-state index contributed by atoms with van der Waals surface area (Å²) in [5, 5.41) is 3.32. The molecule has 8 heteroatoms. The Balaban J connectivity index is 0.00000140. The summed E-state index contributed by atoms with van der Waals surface area (Å²) in [6.07, 6.45) is 5.63. The number of benzene rings is 1. The fraction of sp³-hybridized carbons (Fsp3) is 0.300. The van der Waals surface area contributed by atoms with Gasteiger partial charge in [-0.05, 0) is 62.3 Å². The number of piperidine rings is 1. The Morgan fingerprint density at radius 2 is 1.79 bits per heavy atom. The lowest BCUT2D eigenvalue weighted by Gasteiger charge is -2.31. The SMILES string of the molecule is CN(C(=O)c1ccc2nc(-c3ccc(F)cc3)cn2c1)C1CCNCC1.Cl.Cl. The normalized spacial score (nSPS) is 14.2. The highest BCUT2D eigenvalue weighted by atomic mass is 35.5. The van der Waals surface area contributed by atoms with E-state index in [9.17, 15) is 9.18 Å². The fourth-order valence-corrected chi connectivity index (χ4v) is 3.44. The number of imidazole rings is 1. The van der Waals surface area contributed by atoms with Crippen LogP contribution >= 0.6 is 24.8 Å². The van der Waals surface area contributed by atoms with E-state index in [1.165, 1.54) is 12.1 Å². The zero-order valence-electron chi connectivity index (χ0n) is 15.5. The van der Waals surface area contributed by atoms with E-state index in [2.05, 4.69) is 10.3 Å². The summed E-state index contributed by atoms with van der Waals surface area (Å²) >= 11 is 0. The van der Waals surface area contributed by atoms with Gasteiger partial charge in [-0.3, -0.25) is 4.79 Å². The number of amides is 1. The van der Waals surface area contributed by atoms with Crippen molar-refractivity contribution in [2.24, 2.45) is 0 Å². The van der Waals surface area contributed by atoms with Crippen LogP contribution in [0.2, 0.25) is 0 Å². The lowest BCUT2D eigenvalue weighted by Crippen LogP contribution is -2.44. The molecule has 4 rings (SSSR count). The van der Waals surface area contributed by atoms with Crippen molar-refractivity contribution in [3.05, 3.63) is 60.2 Å². The maximum Gasteiger partial charge on any atom is 0.255 e. The van der Waals surface area contributed by atoms with Gasteiger partial charge in [0.05, 0.1) is 11.3 Å². The standard InChI is InChI=1S/C20H21FN4O.2ClH/c1-24(17-8-10-22-11-9-17)20(26)15-4-7-19-23-18(13-25(19)12-15)14-2-5-16(21)6-3-14;;/h2-7,12-13,17,22H,8-11H2,1H3;2*1H. The summed E-state index contributed by atoms with van der Waals surface area (Å²) in [6, 6.07) is 10.2. The number of aromatic nitrogens is 2. The third kappa shape index (κ3) is 4.46. The number of rotatable bonds is 3. The highest BCUT2D eigenvalue weighted by Crippen LogP contribution is 2.21.